The molecule has 1 heterocycles. The van der Waals surface area contributed by atoms with Crippen LogP contribution in [0, 0.1) is 6.92 Å². The summed E-state index contributed by atoms with van der Waals surface area (Å²) in [5.41, 5.74) is 6.16. The Labute approximate surface area is 129 Å². The van der Waals surface area contributed by atoms with Crippen molar-refractivity contribution in [3.8, 4) is 0 Å². The molecular formula is C18H19NOS. The van der Waals surface area contributed by atoms with E-state index in [1.165, 1.54) is 15.7 Å². The molecule has 3 rings (SSSR count). The molecule has 0 saturated heterocycles. The number of hydrogen-bond acceptors (Lipinski definition) is 3. The molecule has 0 aliphatic carbocycles. The van der Waals surface area contributed by atoms with Crippen LogP contribution in [0.2, 0.25) is 0 Å². The van der Waals surface area contributed by atoms with Crippen LogP contribution in [0.15, 0.2) is 63.9 Å². The Bertz CT molecular complexity index is 748. The van der Waals surface area contributed by atoms with Crippen LogP contribution in [0.3, 0.4) is 0 Å². The molecule has 2 atom stereocenters. The van der Waals surface area contributed by atoms with Crippen molar-refractivity contribution < 1.29 is 4.42 Å². The minimum Gasteiger partial charge on any atom is -0.465 e. The predicted molar refractivity (Wildman–Crippen MR) is 89.6 cm³/mol. The average Bonchev–Trinajstić information content (AvgIpc) is 2.90. The number of rotatable bonds is 4. The van der Waals surface area contributed by atoms with Crippen molar-refractivity contribution in [2.24, 2.45) is 5.73 Å². The van der Waals surface area contributed by atoms with E-state index >= 15 is 0 Å². The molecule has 0 aliphatic heterocycles. The van der Waals surface area contributed by atoms with Crippen LogP contribution in [0.5, 0.6) is 0 Å². The maximum Gasteiger partial charge on any atom is 0.119 e. The van der Waals surface area contributed by atoms with Crippen LogP contribution in [0.25, 0.3) is 10.8 Å². The summed E-state index contributed by atoms with van der Waals surface area (Å²) in [5.74, 6) is 1.87. The molecule has 0 amide bonds. The second kappa shape index (κ2) is 5.96. The third kappa shape index (κ3) is 3.14. The lowest BCUT2D eigenvalue weighted by atomic mass is 10.1. The molecular weight excluding hydrogens is 278 g/mol. The minimum absolute atomic E-state index is 0.0204. The summed E-state index contributed by atoms with van der Waals surface area (Å²) in [6, 6.07) is 18.9. The van der Waals surface area contributed by atoms with Gasteiger partial charge in [0.1, 0.15) is 11.5 Å². The summed E-state index contributed by atoms with van der Waals surface area (Å²) in [6.45, 7) is 3.99. The van der Waals surface area contributed by atoms with Gasteiger partial charge in [0.05, 0.1) is 5.25 Å². The minimum atomic E-state index is 0.0204. The van der Waals surface area contributed by atoms with Gasteiger partial charge < -0.3 is 10.2 Å². The molecule has 0 bridgehead atoms. The SMILES string of the molecule is Cc1ccc(C(Sc2ccc3ccccc3c2)C(C)N)o1. The molecule has 0 radical (unpaired) electrons. The normalized spacial score (nSPS) is 14.2. The monoisotopic (exact) mass is 297 g/mol. The van der Waals surface area contributed by atoms with Gasteiger partial charge in [-0.05, 0) is 48.9 Å². The maximum atomic E-state index is 6.16. The number of aryl methyl sites for hydroxylation is 1. The van der Waals surface area contributed by atoms with E-state index in [-0.39, 0.29) is 11.3 Å². The summed E-state index contributed by atoms with van der Waals surface area (Å²) in [5, 5.41) is 2.63. The number of furan rings is 1. The molecule has 108 valence electrons. The zero-order chi connectivity index (χ0) is 14.8. The largest absolute Gasteiger partial charge is 0.465 e. The first kappa shape index (κ1) is 14.2. The van der Waals surface area contributed by atoms with Crippen molar-refractivity contribution in [3.05, 3.63) is 66.1 Å². The highest BCUT2D eigenvalue weighted by Gasteiger charge is 2.21. The number of fused-ring (bicyclic) bond motifs is 1. The molecule has 0 saturated carbocycles. The summed E-state index contributed by atoms with van der Waals surface area (Å²) in [6.07, 6.45) is 0. The smallest absolute Gasteiger partial charge is 0.119 e. The van der Waals surface area contributed by atoms with Crippen molar-refractivity contribution in [3.63, 3.8) is 0 Å². The van der Waals surface area contributed by atoms with Crippen molar-refractivity contribution in [2.75, 3.05) is 0 Å². The summed E-state index contributed by atoms with van der Waals surface area (Å²) in [7, 11) is 0. The van der Waals surface area contributed by atoms with Crippen LogP contribution in [-0.2, 0) is 0 Å². The van der Waals surface area contributed by atoms with Gasteiger partial charge in [-0.3, -0.25) is 0 Å². The molecule has 3 heteroatoms. The summed E-state index contributed by atoms with van der Waals surface area (Å²) < 4.78 is 5.77. The van der Waals surface area contributed by atoms with Gasteiger partial charge in [0, 0.05) is 10.9 Å². The quantitative estimate of drug-likeness (QED) is 0.695. The fourth-order valence-electron chi connectivity index (χ4n) is 2.42. The van der Waals surface area contributed by atoms with Gasteiger partial charge in [-0.2, -0.15) is 0 Å². The van der Waals surface area contributed by atoms with Crippen molar-refractivity contribution >= 4 is 22.5 Å². The van der Waals surface area contributed by atoms with Crippen molar-refractivity contribution in [1.82, 2.24) is 0 Å². The Balaban J connectivity index is 1.90. The van der Waals surface area contributed by atoms with E-state index in [2.05, 4.69) is 42.5 Å². The fourth-order valence-corrected chi connectivity index (χ4v) is 3.51. The standard InChI is InChI=1S/C18H19NOS/c1-12-7-10-17(20-12)18(13(2)19)21-16-9-8-14-5-3-4-6-15(14)11-16/h3-11,13,18H,19H2,1-2H3. The first-order valence-electron chi connectivity index (χ1n) is 7.11. The first-order valence-corrected chi connectivity index (χ1v) is 7.99. The molecule has 0 fully saturated rings. The zero-order valence-corrected chi connectivity index (χ0v) is 13.1. The van der Waals surface area contributed by atoms with E-state index in [0.717, 1.165) is 11.5 Å². The number of thioether (sulfide) groups is 1. The lowest BCUT2D eigenvalue weighted by molar-refractivity contribution is 0.465. The average molecular weight is 297 g/mol. The zero-order valence-electron chi connectivity index (χ0n) is 12.2. The molecule has 0 spiro atoms. The van der Waals surface area contributed by atoms with E-state index < -0.39 is 0 Å². The van der Waals surface area contributed by atoms with E-state index in [1.807, 2.05) is 26.0 Å². The van der Waals surface area contributed by atoms with Crippen LogP contribution >= 0.6 is 11.8 Å². The molecule has 1 aromatic heterocycles. The van der Waals surface area contributed by atoms with Crippen LogP contribution in [0.1, 0.15) is 23.7 Å². The fraction of sp³-hybridized carbons (Fsp3) is 0.222. The number of nitrogens with two attached hydrogens (primary N) is 1. The van der Waals surface area contributed by atoms with Crippen molar-refractivity contribution in [2.45, 2.75) is 30.0 Å². The first-order chi connectivity index (χ1) is 10.1. The van der Waals surface area contributed by atoms with Crippen LogP contribution in [0.4, 0.5) is 0 Å². The summed E-state index contributed by atoms with van der Waals surface area (Å²) >= 11 is 1.76. The lowest BCUT2D eigenvalue weighted by Gasteiger charge is -2.18. The molecule has 0 aliphatic rings. The third-order valence-electron chi connectivity index (χ3n) is 3.50. The van der Waals surface area contributed by atoms with E-state index in [4.69, 9.17) is 10.2 Å². The number of benzene rings is 2. The highest BCUT2D eigenvalue weighted by molar-refractivity contribution is 7.99. The van der Waals surface area contributed by atoms with Gasteiger partial charge in [-0.25, -0.2) is 0 Å². The Hall–Kier alpha value is -1.71. The molecule has 2 N–H and O–H groups in total. The van der Waals surface area contributed by atoms with Gasteiger partial charge in [-0.15, -0.1) is 11.8 Å². The Morgan fingerprint density at radius 1 is 1.00 bits per heavy atom. The molecule has 2 aromatic carbocycles. The number of hydrogen-bond donors (Lipinski definition) is 1. The lowest BCUT2D eigenvalue weighted by Crippen LogP contribution is -2.22. The van der Waals surface area contributed by atoms with Crippen molar-refractivity contribution in [1.29, 1.82) is 0 Å². The van der Waals surface area contributed by atoms with Gasteiger partial charge in [0.15, 0.2) is 0 Å². The van der Waals surface area contributed by atoms with Gasteiger partial charge >= 0.3 is 0 Å². The maximum absolute atomic E-state index is 6.16. The second-order valence-electron chi connectivity index (χ2n) is 5.35. The van der Waals surface area contributed by atoms with Crippen LogP contribution in [-0.4, -0.2) is 6.04 Å². The van der Waals surface area contributed by atoms with E-state index in [9.17, 15) is 0 Å². The van der Waals surface area contributed by atoms with E-state index in [1.54, 1.807) is 11.8 Å². The van der Waals surface area contributed by atoms with Gasteiger partial charge in [-0.1, -0.05) is 30.3 Å². The third-order valence-corrected chi connectivity index (χ3v) is 4.94. The summed E-state index contributed by atoms with van der Waals surface area (Å²) in [4.78, 5) is 1.21. The Morgan fingerprint density at radius 3 is 2.43 bits per heavy atom. The highest BCUT2D eigenvalue weighted by atomic mass is 32.2. The predicted octanol–water partition coefficient (Wildman–Crippen LogP) is 4.92. The Morgan fingerprint density at radius 2 is 1.76 bits per heavy atom. The molecule has 2 nitrogen and oxygen atoms in total. The van der Waals surface area contributed by atoms with E-state index in [0.29, 0.717) is 0 Å². The Kier molecular flexibility index (Phi) is 4.04. The topological polar surface area (TPSA) is 39.2 Å². The second-order valence-corrected chi connectivity index (χ2v) is 6.57. The molecule has 2 unspecified atom stereocenters. The highest BCUT2D eigenvalue weighted by Crippen LogP contribution is 2.38. The van der Waals surface area contributed by atoms with Gasteiger partial charge in [0.2, 0.25) is 0 Å². The molecule has 3 aromatic rings. The molecule has 21 heavy (non-hydrogen) atoms. The van der Waals surface area contributed by atoms with Gasteiger partial charge in [0.25, 0.3) is 0 Å². The van der Waals surface area contributed by atoms with Crippen LogP contribution < -0.4 is 5.73 Å².